The molecule has 0 fully saturated rings. The smallest absolute Gasteiger partial charge is 0.344 e. The highest BCUT2D eigenvalue weighted by Crippen LogP contribution is 2.40. The average molecular weight is 430 g/mol. The number of hydrogen-bond donors (Lipinski definition) is 0. The minimum absolute atomic E-state index is 0.103. The molecule has 1 atom stereocenters. The van der Waals surface area contributed by atoms with Crippen LogP contribution in [0.25, 0.3) is 0 Å². The summed E-state index contributed by atoms with van der Waals surface area (Å²) in [4.78, 5) is 11.0. The fourth-order valence-corrected chi connectivity index (χ4v) is 5.80. The molecule has 6 heteroatoms. The van der Waals surface area contributed by atoms with Crippen LogP contribution in [0.5, 0.6) is 0 Å². The highest BCUT2D eigenvalue weighted by Gasteiger charge is 2.35. The number of hydrogen-bond acceptors (Lipinski definition) is 2. The molecule has 0 radical (unpaired) electrons. The Hall–Kier alpha value is 0.297. The maximum absolute atomic E-state index is 11.0. The van der Waals surface area contributed by atoms with Crippen molar-refractivity contribution in [1.29, 1.82) is 0 Å². The van der Waals surface area contributed by atoms with Crippen molar-refractivity contribution in [1.82, 2.24) is 0 Å². The molecule has 0 heterocycles. The van der Waals surface area contributed by atoms with Crippen LogP contribution in [0.2, 0.25) is 5.54 Å². The van der Waals surface area contributed by atoms with Crippen LogP contribution >= 0.6 is 33.2 Å². The lowest BCUT2D eigenvalue weighted by molar-refractivity contribution is -0.140. The van der Waals surface area contributed by atoms with Gasteiger partial charge in [0.05, 0.1) is 7.11 Å². The number of ether oxygens (including phenoxy) is 1. The van der Waals surface area contributed by atoms with Crippen molar-refractivity contribution in [2.45, 2.75) is 95.9 Å². The maximum Gasteiger partial charge on any atom is 0.344 e. The second kappa shape index (κ2) is 16.5. The van der Waals surface area contributed by atoms with E-state index in [4.69, 9.17) is 33.2 Å². The standard InChI is InChI=1S/C19H35Cl3O2Si/c1-3-4-12-15-18(25(20,21)22)16-13-10-8-6-5-7-9-11-14-17-19(23)24-2/h8,10,18H,3-7,9,11-17H2,1-2H3/b10-8+. The fraction of sp³-hybridized carbons (Fsp3) is 0.842. The monoisotopic (exact) mass is 428 g/mol. The van der Waals surface area contributed by atoms with Crippen molar-refractivity contribution in [2.24, 2.45) is 0 Å². The summed E-state index contributed by atoms with van der Waals surface area (Å²) in [5.74, 6) is -0.103. The molecule has 0 aromatic heterocycles. The second-order valence-electron chi connectivity index (χ2n) is 6.67. The molecule has 0 aromatic rings. The second-order valence-corrected chi connectivity index (χ2v) is 15.7. The van der Waals surface area contributed by atoms with Crippen molar-refractivity contribution in [3.05, 3.63) is 12.2 Å². The molecule has 1 unspecified atom stereocenters. The van der Waals surface area contributed by atoms with E-state index in [9.17, 15) is 4.79 Å². The summed E-state index contributed by atoms with van der Waals surface area (Å²) in [5.41, 5.74) is 0.281. The Morgan fingerprint density at radius 3 is 2.20 bits per heavy atom. The molecular weight excluding hydrogens is 395 g/mol. The Labute approximate surface area is 169 Å². The Morgan fingerprint density at radius 2 is 1.56 bits per heavy atom. The number of carbonyl (C=O) groups excluding carboxylic acids is 1. The predicted octanol–water partition coefficient (Wildman–Crippen LogP) is 7.83. The molecule has 0 saturated heterocycles. The van der Waals surface area contributed by atoms with E-state index in [1.54, 1.807) is 0 Å². The number of carbonyl (C=O) groups is 1. The number of allylic oxidation sites excluding steroid dienone is 2. The van der Waals surface area contributed by atoms with Crippen LogP contribution in [0.15, 0.2) is 12.2 Å². The van der Waals surface area contributed by atoms with Gasteiger partial charge >= 0.3 is 12.0 Å². The summed E-state index contributed by atoms with van der Waals surface area (Å²) in [5, 5.41) is 0. The summed E-state index contributed by atoms with van der Waals surface area (Å²) in [6, 6.07) is -2.59. The SMILES string of the molecule is CCCCCC(CC/C=C/CCCCCCCC(=O)OC)[Si](Cl)(Cl)Cl. The van der Waals surface area contributed by atoms with E-state index in [2.05, 4.69) is 23.8 Å². The molecule has 0 saturated carbocycles. The van der Waals surface area contributed by atoms with E-state index in [0.717, 1.165) is 38.5 Å². The number of methoxy groups -OCH3 is 1. The van der Waals surface area contributed by atoms with Crippen molar-refractivity contribution in [2.75, 3.05) is 7.11 Å². The van der Waals surface area contributed by atoms with Crippen LogP contribution in [0.1, 0.15) is 90.4 Å². The Balaban J connectivity index is 3.66. The Bertz CT molecular complexity index is 357. The van der Waals surface area contributed by atoms with Gasteiger partial charge in [0.2, 0.25) is 0 Å². The van der Waals surface area contributed by atoms with E-state index < -0.39 is 6.00 Å². The van der Waals surface area contributed by atoms with Gasteiger partial charge in [-0.25, -0.2) is 0 Å². The zero-order valence-electron chi connectivity index (χ0n) is 15.9. The van der Waals surface area contributed by atoms with Crippen LogP contribution in [-0.4, -0.2) is 19.1 Å². The normalized spacial score (nSPS) is 13.3. The van der Waals surface area contributed by atoms with Crippen LogP contribution in [0.4, 0.5) is 0 Å². The summed E-state index contributed by atoms with van der Waals surface area (Å²) in [6.07, 6.45) is 18.5. The van der Waals surface area contributed by atoms with Crippen molar-refractivity contribution < 1.29 is 9.53 Å². The van der Waals surface area contributed by atoms with E-state index in [1.165, 1.54) is 45.6 Å². The van der Waals surface area contributed by atoms with Gasteiger partial charge in [-0.1, -0.05) is 57.6 Å². The summed E-state index contributed by atoms with van der Waals surface area (Å²) in [7, 11) is 1.44. The molecule has 0 bridgehead atoms. The molecule has 2 nitrogen and oxygen atoms in total. The fourth-order valence-electron chi connectivity index (χ4n) is 2.81. The number of esters is 1. The van der Waals surface area contributed by atoms with E-state index in [0.29, 0.717) is 6.42 Å². The number of unbranched alkanes of at least 4 members (excludes halogenated alkanes) is 7. The van der Waals surface area contributed by atoms with Gasteiger partial charge in [-0.2, -0.15) is 0 Å². The highest BCUT2D eigenvalue weighted by molar-refractivity contribution is 7.65. The number of halogens is 3. The molecule has 148 valence electrons. The summed E-state index contributed by atoms with van der Waals surface area (Å²) in [6.45, 7) is 2.20. The zero-order chi connectivity index (χ0) is 19.0. The van der Waals surface area contributed by atoms with E-state index in [1.807, 2.05) is 0 Å². The van der Waals surface area contributed by atoms with Crippen molar-refractivity contribution in [3.63, 3.8) is 0 Å². The van der Waals surface area contributed by atoms with Crippen LogP contribution in [-0.2, 0) is 9.53 Å². The lowest BCUT2D eigenvalue weighted by Crippen LogP contribution is -2.19. The lowest BCUT2D eigenvalue weighted by atomic mass is 10.1. The first kappa shape index (κ1) is 25.3. The highest BCUT2D eigenvalue weighted by atomic mass is 35.8. The first-order chi connectivity index (χ1) is 11.9. The van der Waals surface area contributed by atoms with Gasteiger partial charge < -0.3 is 4.74 Å². The van der Waals surface area contributed by atoms with Crippen LogP contribution < -0.4 is 0 Å². The molecular formula is C19H35Cl3O2Si. The number of rotatable bonds is 16. The lowest BCUT2D eigenvalue weighted by Gasteiger charge is -2.21. The minimum atomic E-state index is -2.59. The Kier molecular flexibility index (Phi) is 16.7. The molecule has 25 heavy (non-hydrogen) atoms. The van der Waals surface area contributed by atoms with Crippen LogP contribution in [0.3, 0.4) is 0 Å². The largest absolute Gasteiger partial charge is 0.469 e. The van der Waals surface area contributed by atoms with Crippen molar-refractivity contribution in [3.8, 4) is 0 Å². The predicted molar refractivity (Wildman–Crippen MR) is 114 cm³/mol. The van der Waals surface area contributed by atoms with Gasteiger partial charge in [0.25, 0.3) is 0 Å². The third-order valence-electron chi connectivity index (χ3n) is 4.45. The third kappa shape index (κ3) is 16.2. The minimum Gasteiger partial charge on any atom is -0.469 e. The quantitative estimate of drug-likeness (QED) is 0.0821. The first-order valence-corrected chi connectivity index (χ1v) is 14.8. The molecule has 0 aliphatic carbocycles. The summed E-state index contributed by atoms with van der Waals surface area (Å²) < 4.78 is 4.63. The molecule has 0 rings (SSSR count). The van der Waals surface area contributed by atoms with Gasteiger partial charge in [-0.05, 0) is 44.1 Å². The van der Waals surface area contributed by atoms with E-state index >= 15 is 0 Å². The molecule has 0 spiro atoms. The third-order valence-corrected chi connectivity index (χ3v) is 8.73. The van der Waals surface area contributed by atoms with Gasteiger partial charge in [0, 0.05) is 6.42 Å². The average Bonchev–Trinajstić information content (AvgIpc) is 2.56. The molecule has 0 aliphatic heterocycles. The molecule has 0 amide bonds. The van der Waals surface area contributed by atoms with Gasteiger partial charge in [0.15, 0.2) is 0 Å². The summed E-state index contributed by atoms with van der Waals surface area (Å²) >= 11 is 18.7. The zero-order valence-corrected chi connectivity index (χ0v) is 19.1. The molecule has 0 aromatic carbocycles. The van der Waals surface area contributed by atoms with Gasteiger partial charge in [-0.3, -0.25) is 4.79 Å². The van der Waals surface area contributed by atoms with Gasteiger partial charge in [-0.15, -0.1) is 33.2 Å². The topological polar surface area (TPSA) is 26.3 Å². The first-order valence-electron chi connectivity index (χ1n) is 9.70. The maximum atomic E-state index is 11.0. The Morgan fingerprint density at radius 1 is 0.920 bits per heavy atom. The molecule has 0 N–H and O–H groups in total. The van der Waals surface area contributed by atoms with E-state index in [-0.39, 0.29) is 11.5 Å². The molecule has 0 aliphatic rings. The van der Waals surface area contributed by atoms with Gasteiger partial charge in [0.1, 0.15) is 0 Å². The van der Waals surface area contributed by atoms with Crippen molar-refractivity contribution >= 4 is 45.2 Å². The van der Waals surface area contributed by atoms with Crippen LogP contribution in [0, 0.1) is 0 Å².